The number of nitrogens with one attached hydrogen (secondary N) is 2. The molecule has 0 atom stereocenters. The van der Waals surface area contributed by atoms with Gasteiger partial charge in [-0.25, -0.2) is 0 Å². The molecule has 0 saturated heterocycles. The molecule has 2 N–H and O–H groups in total. The number of hydrogen-bond donors (Lipinski definition) is 2. The van der Waals surface area contributed by atoms with Crippen LogP contribution in [0.5, 0.6) is 0 Å². The Labute approximate surface area is 107 Å². The van der Waals surface area contributed by atoms with Gasteiger partial charge in [0.15, 0.2) is 0 Å². The molecule has 0 spiro atoms. The summed E-state index contributed by atoms with van der Waals surface area (Å²) in [6, 6.07) is 5.78. The number of hydrogen-bond acceptors (Lipinski definition) is 2. The van der Waals surface area contributed by atoms with Crippen molar-refractivity contribution in [3.63, 3.8) is 0 Å². The second-order valence-corrected chi connectivity index (χ2v) is 5.25. The number of aromatic nitrogens is 2. The molecule has 0 aliphatic carbocycles. The first-order chi connectivity index (χ1) is 8.63. The van der Waals surface area contributed by atoms with E-state index in [1.807, 2.05) is 25.1 Å². The van der Waals surface area contributed by atoms with Crippen LogP contribution >= 0.6 is 11.3 Å². The van der Waals surface area contributed by atoms with Gasteiger partial charge in [-0.2, -0.15) is 0 Å². The number of rotatable bonds is 1. The van der Waals surface area contributed by atoms with Gasteiger partial charge in [0.2, 0.25) is 0 Å². The Hall–Kier alpha value is -2.07. The van der Waals surface area contributed by atoms with Crippen molar-refractivity contribution in [3.05, 3.63) is 65.6 Å². The quantitative estimate of drug-likeness (QED) is 0.671. The molecule has 0 bridgehead atoms. The Balaban J connectivity index is 2.42. The normalized spacial score (nSPS) is 12.4. The van der Waals surface area contributed by atoms with Gasteiger partial charge < -0.3 is 9.97 Å². The van der Waals surface area contributed by atoms with Crippen molar-refractivity contribution < 1.29 is 0 Å². The molecule has 0 saturated carbocycles. The summed E-state index contributed by atoms with van der Waals surface area (Å²) in [6.07, 6.45) is 1.91. The Morgan fingerprint density at radius 3 is 2.89 bits per heavy atom. The minimum Gasteiger partial charge on any atom is -0.354 e. The van der Waals surface area contributed by atoms with Gasteiger partial charge in [0.1, 0.15) is 0 Å². The van der Waals surface area contributed by atoms with Gasteiger partial charge in [0, 0.05) is 10.2 Å². The number of aromatic amines is 2. The molecule has 0 fully saturated rings. The van der Waals surface area contributed by atoms with Crippen LogP contribution in [0.4, 0.5) is 0 Å². The zero-order valence-corrected chi connectivity index (χ0v) is 10.7. The SMILES string of the molecule is C=c1ccc2[nH]c(=O)c(=Cc3cc(C)cs3)c=2[nH]1. The molecule has 1 aromatic rings. The first-order valence-electron chi connectivity index (χ1n) is 5.60. The van der Waals surface area contributed by atoms with Crippen LogP contribution in [0.15, 0.2) is 28.4 Å². The first-order valence-corrected chi connectivity index (χ1v) is 6.48. The molecule has 2 aliphatic rings. The average molecular weight is 256 g/mol. The van der Waals surface area contributed by atoms with Crippen LogP contribution in [-0.4, -0.2) is 9.97 Å². The van der Waals surface area contributed by atoms with E-state index in [4.69, 9.17) is 0 Å². The van der Waals surface area contributed by atoms with E-state index < -0.39 is 0 Å². The van der Waals surface area contributed by atoms with Gasteiger partial charge in [-0.3, -0.25) is 4.79 Å². The van der Waals surface area contributed by atoms with E-state index >= 15 is 0 Å². The molecule has 2 aliphatic heterocycles. The summed E-state index contributed by atoms with van der Waals surface area (Å²) in [5.74, 6) is 0. The Morgan fingerprint density at radius 2 is 2.17 bits per heavy atom. The molecular formula is C14H12N2OS. The van der Waals surface area contributed by atoms with Gasteiger partial charge in [0.05, 0.1) is 15.9 Å². The zero-order chi connectivity index (χ0) is 12.7. The lowest BCUT2D eigenvalue weighted by molar-refractivity contribution is 1.15. The molecule has 0 unspecified atom stereocenters. The van der Waals surface area contributed by atoms with Gasteiger partial charge in [-0.05, 0) is 42.1 Å². The van der Waals surface area contributed by atoms with Crippen molar-refractivity contribution in [2.75, 3.05) is 0 Å². The molecule has 0 amide bonds. The molecule has 3 rings (SSSR count). The van der Waals surface area contributed by atoms with Crippen molar-refractivity contribution in [2.24, 2.45) is 0 Å². The maximum Gasteiger partial charge on any atom is 0.257 e. The lowest BCUT2D eigenvalue weighted by atomic mass is 10.3. The number of H-pyrrole nitrogens is 2. The highest BCUT2D eigenvalue weighted by Gasteiger charge is 2.00. The van der Waals surface area contributed by atoms with Crippen LogP contribution in [0.2, 0.25) is 0 Å². The van der Waals surface area contributed by atoms with Crippen LogP contribution in [-0.2, 0) is 0 Å². The summed E-state index contributed by atoms with van der Waals surface area (Å²) in [6.45, 7) is 5.89. The molecule has 4 heteroatoms. The van der Waals surface area contributed by atoms with Crippen molar-refractivity contribution in [2.45, 2.75) is 6.92 Å². The number of thiophene rings is 1. The smallest absolute Gasteiger partial charge is 0.257 e. The largest absolute Gasteiger partial charge is 0.354 e. The van der Waals surface area contributed by atoms with Crippen molar-refractivity contribution in [1.82, 2.24) is 9.97 Å². The molecule has 1 aromatic heterocycles. The zero-order valence-electron chi connectivity index (χ0n) is 9.91. The van der Waals surface area contributed by atoms with Crippen molar-refractivity contribution >= 4 is 24.0 Å². The van der Waals surface area contributed by atoms with Gasteiger partial charge >= 0.3 is 0 Å². The summed E-state index contributed by atoms with van der Waals surface area (Å²) < 4.78 is 0. The molecule has 0 radical (unpaired) electrons. The van der Waals surface area contributed by atoms with Gasteiger partial charge in [-0.1, -0.05) is 6.58 Å². The second-order valence-electron chi connectivity index (χ2n) is 4.31. The maximum absolute atomic E-state index is 11.9. The van der Waals surface area contributed by atoms with Crippen LogP contribution in [0, 0.1) is 17.6 Å². The fraction of sp³-hybridized carbons (Fsp3) is 0.0714. The van der Waals surface area contributed by atoms with Gasteiger partial charge in [-0.15, -0.1) is 11.3 Å². The van der Waals surface area contributed by atoms with Crippen molar-refractivity contribution in [3.8, 4) is 0 Å². The summed E-state index contributed by atoms with van der Waals surface area (Å²) >= 11 is 1.63. The summed E-state index contributed by atoms with van der Waals surface area (Å²) in [5.41, 5.74) is 1.14. The summed E-state index contributed by atoms with van der Waals surface area (Å²) in [5, 5.41) is 5.16. The summed E-state index contributed by atoms with van der Waals surface area (Å²) in [4.78, 5) is 19.0. The standard InChI is InChI=1S/C14H12N2OS/c1-8-5-10(18-7-8)6-11-13-12(16-14(11)17)4-3-9(2)15-13/h3-7,15H,2H2,1H3,(H,16,17). The highest BCUT2D eigenvalue weighted by atomic mass is 32.1. The minimum atomic E-state index is -0.0714. The van der Waals surface area contributed by atoms with E-state index in [-0.39, 0.29) is 5.56 Å². The maximum atomic E-state index is 11.9. The fourth-order valence-electron chi connectivity index (χ4n) is 1.97. The Morgan fingerprint density at radius 1 is 1.33 bits per heavy atom. The van der Waals surface area contributed by atoms with E-state index in [9.17, 15) is 4.79 Å². The molecule has 3 heterocycles. The molecule has 0 aromatic carbocycles. The highest BCUT2D eigenvalue weighted by molar-refractivity contribution is 7.11. The Kier molecular flexibility index (Phi) is 2.45. The average Bonchev–Trinajstić information content (AvgIpc) is 2.86. The topological polar surface area (TPSA) is 48.6 Å². The van der Waals surface area contributed by atoms with Gasteiger partial charge in [0.25, 0.3) is 5.56 Å². The molecule has 18 heavy (non-hydrogen) atoms. The van der Waals surface area contributed by atoms with Crippen molar-refractivity contribution in [1.29, 1.82) is 0 Å². The third kappa shape index (κ3) is 1.80. The number of aryl methyl sites for hydroxylation is 1. The molecule has 3 nitrogen and oxygen atoms in total. The summed E-state index contributed by atoms with van der Waals surface area (Å²) in [7, 11) is 0. The van der Waals surface area contributed by atoms with E-state index in [0.29, 0.717) is 5.22 Å². The monoisotopic (exact) mass is 256 g/mol. The lowest BCUT2D eigenvalue weighted by Crippen LogP contribution is -2.23. The lowest BCUT2D eigenvalue weighted by Gasteiger charge is -1.86. The molecule has 90 valence electrons. The van der Waals surface area contributed by atoms with Crippen LogP contribution < -0.4 is 16.1 Å². The third-order valence-corrected chi connectivity index (χ3v) is 3.80. The van der Waals surface area contributed by atoms with E-state index in [0.717, 1.165) is 20.9 Å². The van der Waals surface area contributed by atoms with E-state index in [2.05, 4.69) is 28.0 Å². The van der Waals surface area contributed by atoms with E-state index in [1.54, 1.807) is 11.3 Å². The highest BCUT2D eigenvalue weighted by Crippen LogP contribution is 2.13. The minimum absolute atomic E-state index is 0.0714. The van der Waals surface area contributed by atoms with Crippen LogP contribution in [0.1, 0.15) is 10.4 Å². The van der Waals surface area contributed by atoms with Crippen LogP contribution in [0.25, 0.3) is 12.7 Å². The molecular weight excluding hydrogens is 244 g/mol. The van der Waals surface area contributed by atoms with E-state index in [1.165, 1.54) is 5.56 Å². The predicted octanol–water partition coefficient (Wildman–Crippen LogP) is 1.04. The van der Waals surface area contributed by atoms with Crippen LogP contribution in [0.3, 0.4) is 0 Å². The second kappa shape index (κ2) is 3.99. The third-order valence-electron chi connectivity index (χ3n) is 2.81. The Bertz CT molecular complexity index is 929. The fourth-order valence-corrected chi connectivity index (χ4v) is 2.80. The first kappa shape index (κ1) is 11.0. The predicted molar refractivity (Wildman–Crippen MR) is 74.1 cm³/mol.